The summed E-state index contributed by atoms with van der Waals surface area (Å²) in [6.45, 7) is 3.89. The standard InChI is InChI=1S/C24H29FN6O2/c1-23-12-18(22(25)24(2,30(23)4)13-20(23)33)29(3)21-8-7-17(27-28-21)16-6-5-15(11-19(16)32)31-10-9-26-14-31/h5-11,14,18,20,22,32-33H,12-13H2,1-4H3/t18-,20-,22+,23+,24+/m1/s1. The van der Waals surface area contributed by atoms with Crippen LogP contribution in [0.25, 0.3) is 16.9 Å². The molecule has 0 amide bonds. The van der Waals surface area contributed by atoms with Gasteiger partial charge in [0.15, 0.2) is 5.82 Å². The largest absolute Gasteiger partial charge is 0.507 e. The number of imidazole rings is 1. The average Bonchev–Trinajstić information content (AvgIpc) is 3.38. The summed E-state index contributed by atoms with van der Waals surface area (Å²) in [4.78, 5) is 7.85. The summed E-state index contributed by atoms with van der Waals surface area (Å²) in [7, 11) is 3.72. The number of hydrogen-bond donors (Lipinski definition) is 2. The van der Waals surface area contributed by atoms with Crippen molar-refractivity contribution in [3.05, 3.63) is 49.1 Å². The predicted octanol–water partition coefficient (Wildman–Crippen LogP) is 2.80. The third-order valence-corrected chi connectivity index (χ3v) is 7.98. The Kier molecular flexibility index (Phi) is 4.95. The van der Waals surface area contributed by atoms with Crippen molar-refractivity contribution in [2.45, 2.75) is 56.1 Å². The molecule has 2 aromatic heterocycles. The van der Waals surface area contributed by atoms with Crippen LogP contribution in [0.3, 0.4) is 0 Å². The Labute approximate surface area is 192 Å². The van der Waals surface area contributed by atoms with Crippen LogP contribution in [0.15, 0.2) is 49.1 Å². The number of benzene rings is 1. The molecule has 0 spiro atoms. The van der Waals surface area contributed by atoms with Gasteiger partial charge in [-0.15, -0.1) is 10.2 Å². The Morgan fingerprint density at radius 3 is 2.55 bits per heavy atom. The molecule has 8 nitrogen and oxygen atoms in total. The third kappa shape index (κ3) is 3.21. The number of rotatable bonds is 4. The van der Waals surface area contributed by atoms with Gasteiger partial charge in [-0.25, -0.2) is 9.37 Å². The Morgan fingerprint density at radius 1 is 1.12 bits per heavy atom. The highest BCUT2D eigenvalue weighted by Gasteiger charge is 2.64. The lowest BCUT2D eigenvalue weighted by Crippen LogP contribution is -2.67. The number of aliphatic hydroxyl groups is 1. The molecule has 0 saturated carbocycles. The van der Waals surface area contributed by atoms with Crippen LogP contribution in [-0.2, 0) is 0 Å². The van der Waals surface area contributed by atoms with Crippen LogP contribution < -0.4 is 4.90 Å². The highest BCUT2D eigenvalue weighted by atomic mass is 19.1. The molecule has 2 saturated heterocycles. The molecule has 2 N–H and O–H groups in total. The van der Waals surface area contributed by atoms with Crippen molar-refractivity contribution >= 4 is 5.82 Å². The van der Waals surface area contributed by atoms with E-state index in [-0.39, 0.29) is 5.75 Å². The van der Waals surface area contributed by atoms with Crippen molar-refractivity contribution in [2.24, 2.45) is 0 Å². The maximum absolute atomic E-state index is 15.7. The molecule has 1 aromatic carbocycles. The number of phenols is 1. The number of phenolic OH excluding ortho intramolecular Hbond substituents is 1. The molecule has 0 unspecified atom stereocenters. The number of fused-ring (bicyclic) bond motifs is 2. The summed E-state index contributed by atoms with van der Waals surface area (Å²) in [5, 5.41) is 29.9. The van der Waals surface area contributed by atoms with E-state index in [9.17, 15) is 10.2 Å². The fraction of sp³-hybridized carbons (Fsp3) is 0.458. The summed E-state index contributed by atoms with van der Waals surface area (Å²) < 4.78 is 17.5. The van der Waals surface area contributed by atoms with Crippen molar-refractivity contribution in [3.63, 3.8) is 0 Å². The molecule has 5 atom stereocenters. The number of anilines is 1. The van der Waals surface area contributed by atoms with Gasteiger partial charge in [0.2, 0.25) is 0 Å². The zero-order chi connectivity index (χ0) is 23.5. The van der Waals surface area contributed by atoms with Gasteiger partial charge >= 0.3 is 0 Å². The summed E-state index contributed by atoms with van der Waals surface area (Å²) in [6, 6.07) is 8.43. The second-order valence-corrected chi connectivity index (χ2v) is 9.73. The van der Waals surface area contributed by atoms with Crippen LogP contribution in [0.4, 0.5) is 10.2 Å². The van der Waals surface area contributed by atoms with Gasteiger partial charge < -0.3 is 19.7 Å². The van der Waals surface area contributed by atoms with Crippen LogP contribution in [0.5, 0.6) is 5.75 Å². The number of aliphatic hydroxyl groups excluding tert-OH is 1. The lowest BCUT2D eigenvalue weighted by Gasteiger charge is -2.53. The minimum atomic E-state index is -1.15. The maximum atomic E-state index is 15.7. The summed E-state index contributed by atoms with van der Waals surface area (Å²) in [5.41, 5.74) is 0.641. The topological polar surface area (TPSA) is 90.5 Å². The summed E-state index contributed by atoms with van der Waals surface area (Å²) in [5.74, 6) is 0.633. The van der Waals surface area contributed by atoms with Crippen LogP contribution >= 0.6 is 0 Å². The molecule has 174 valence electrons. The van der Waals surface area contributed by atoms with E-state index >= 15 is 4.39 Å². The number of alkyl halides is 1. The molecular weight excluding hydrogens is 423 g/mol. The van der Waals surface area contributed by atoms with Gasteiger partial charge in [-0.2, -0.15) is 0 Å². The first-order chi connectivity index (χ1) is 15.6. The molecule has 33 heavy (non-hydrogen) atoms. The Morgan fingerprint density at radius 2 is 1.91 bits per heavy atom. The number of aromatic hydroxyl groups is 1. The minimum absolute atomic E-state index is 0.0853. The number of likely N-dealkylation sites (N-methyl/N-ethyl adjacent to an activating group) is 1. The number of aromatic nitrogens is 4. The molecule has 3 aromatic rings. The third-order valence-electron chi connectivity index (χ3n) is 7.98. The van der Waals surface area contributed by atoms with E-state index in [4.69, 9.17) is 0 Å². The molecular formula is C24H29FN6O2. The Bertz CT molecular complexity index is 1160. The molecule has 2 fully saturated rings. The van der Waals surface area contributed by atoms with E-state index in [0.29, 0.717) is 29.9 Å². The van der Waals surface area contributed by atoms with E-state index in [1.165, 1.54) is 0 Å². The minimum Gasteiger partial charge on any atom is -0.507 e. The van der Waals surface area contributed by atoms with Crippen molar-refractivity contribution < 1.29 is 14.6 Å². The fourth-order valence-corrected chi connectivity index (χ4v) is 5.54. The molecule has 0 aliphatic carbocycles. The van der Waals surface area contributed by atoms with Gasteiger partial charge in [0.25, 0.3) is 0 Å². The van der Waals surface area contributed by atoms with Crippen molar-refractivity contribution in [1.82, 2.24) is 24.6 Å². The van der Waals surface area contributed by atoms with E-state index in [1.54, 1.807) is 47.6 Å². The lowest BCUT2D eigenvalue weighted by molar-refractivity contribution is -0.0522. The molecule has 5 rings (SSSR count). The lowest BCUT2D eigenvalue weighted by atomic mass is 9.80. The van der Waals surface area contributed by atoms with Gasteiger partial charge in [0.1, 0.15) is 11.9 Å². The normalized spacial score (nSPS) is 31.6. The van der Waals surface area contributed by atoms with Gasteiger partial charge in [-0.05, 0) is 58.0 Å². The molecule has 2 bridgehead atoms. The van der Waals surface area contributed by atoms with E-state index in [1.807, 2.05) is 43.8 Å². The van der Waals surface area contributed by atoms with E-state index < -0.39 is 29.4 Å². The highest BCUT2D eigenvalue weighted by Crippen LogP contribution is 2.51. The first-order valence-electron chi connectivity index (χ1n) is 11.1. The fourth-order valence-electron chi connectivity index (χ4n) is 5.54. The van der Waals surface area contributed by atoms with E-state index in [2.05, 4.69) is 15.2 Å². The van der Waals surface area contributed by atoms with Crippen LogP contribution in [0.2, 0.25) is 0 Å². The summed E-state index contributed by atoms with van der Waals surface area (Å²) >= 11 is 0. The molecule has 4 heterocycles. The van der Waals surface area contributed by atoms with E-state index in [0.717, 1.165) is 5.69 Å². The first-order valence-corrected chi connectivity index (χ1v) is 11.1. The second-order valence-electron chi connectivity index (χ2n) is 9.73. The molecule has 0 radical (unpaired) electrons. The Hall–Kier alpha value is -3.04. The highest BCUT2D eigenvalue weighted by molar-refractivity contribution is 5.69. The van der Waals surface area contributed by atoms with Crippen LogP contribution in [0.1, 0.15) is 26.7 Å². The molecule has 2 aliphatic heterocycles. The SMILES string of the molecule is CN(c1ccc(-c2ccc(-n3ccnc3)cc2O)nn1)[C@@H]1C[C@@]2(C)[C@H](O)C[C@@](C)([C@H]1F)N2C. The van der Waals surface area contributed by atoms with Crippen molar-refractivity contribution in [2.75, 3.05) is 19.0 Å². The number of hydrogen-bond acceptors (Lipinski definition) is 7. The first kappa shape index (κ1) is 21.8. The van der Waals surface area contributed by atoms with Gasteiger partial charge in [0, 0.05) is 36.6 Å². The van der Waals surface area contributed by atoms with Crippen molar-refractivity contribution in [1.29, 1.82) is 0 Å². The average molecular weight is 453 g/mol. The van der Waals surface area contributed by atoms with Crippen molar-refractivity contribution in [3.8, 4) is 22.7 Å². The number of nitrogens with zero attached hydrogens (tertiary/aromatic N) is 6. The quantitative estimate of drug-likeness (QED) is 0.629. The molecule has 2 aliphatic rings. The number of halogens is 1. The number of piperidine rings is 1. The zero-order valence-electron chi connectivity index (χ0n) is 19.2. The van der Waals surface area contributed by atoms with Gasteiger partial charge in [0.05, 0.1) is 35.4 Å². The second kappa shape index (κ2) is 7.50. The van der Waals surface area contributed by atoms with Gasteiger partial charge in [-0.1, -0.05) is 0 Å². The monoisotopic (exact) mass is 452 g/mol. The maximum Gasteiger partial charge on any atom is 0.151 e. The predicted molar refractivity (Wildman–Crippen MR) is 123 cm³/mol. The zero-order valence-corrected chi connectivity index (χ0v) is 19.2. The molecule has 9 heteroatoms. The summed E-state index contributed by atoms with van der Waals surface area (Å²) in [6.07, 6.45) is 4.29. The van der Waals surface area contributed by atoms with Gasteiger partial charge in [-0.3, -0.25) is 4.90 Å². The smallest absolute Gasteiger partial charge is 0.151 e. The Balaban J connectivity index is 1.39. The van der Waals surface area contributed by atoms with Crippen LogP contribution in [-0.4, -0.2) is 78.4 Å². The van der Waals surface area contributed by atoms with Crippen LogP contribution in [0, 0.1) is 0 Å².